The van der Waals surface area contributed by atoms with E-state index in [1.807, 2.05) is 13.8 Å². The maximum absolute atomic E-state index is 12.8. The normalized spacial score (nSPS) is 22.4. The maximum Gasteiger partial charge on any atom is 0.244 e. The minimum absolute atomic E-state index is 0. The number of nitrogens with two attached hydrogens (primary N) is 1. The second-order valence-corrected chi connectivity index (χ2v) is 8.29. The lowest BCUT2D eigenvalue weighted by molar-refractivity contribution is 0.349. The van der Waals surface area contributed by atoms with Gasteiger partial charge < -0.3 is 5.73 Å². The zero-order valence-corrected chi connectivity index (χ0v) is 15.1. The van der Waals surface area contributed by atoms with Crippen molar-refractivity contribution in [3.05, 3.63) is 18.0 Å². The number of halogens is 1. The lowest BCUT2D eigenvalue weighted by Gasteiger charge is -2.22. The molecule has 0 radical (unpaired) electrons. The summed E-state index contributed by atoms with van der Waals surface area (Å²) in [6.45, 7) is 5.31. The molecule has 1 aliphatic heterocycles. The van der Waals surface area contributed by atoms with Crippen molar-refractivity contribution in [2.45, 2.75) is 25.2 Å². The highest BCUT2D eigenvalue weighted by atomic mass is 35.5. The highest BCUT2D eigenvalue weighted by Gasteiger charge is 2.39. The summed E-state index contributed by atoms with van der Waals surface area (Å²) >= 11 is 0. The molecule has 3 heterocycles. The number of hydrogen-bond acceptors (Lipinski definition) is 5. The van der Waals surface area contributed by atoms with Gasteiger partial charge in [0.2, 0.25) is 10.0 Å². The number of fused-ring (bicyclic) bond motifs is 1. The highest BCUT2D eigenvalue weighted by molar-refractivity contribution is 7.89. The van der Waals surface area contributed by atoms with Crippen molar-refractivity contribution < 1.29 is 8.42 Å². The molecule has 1 fully saturated rings. The Bertz CT molecular complexity index is 835. The van der Waals surface area contributed by atoms with Crippen LogP contribution in [0, 0.1) is 12.3 Å². The molecule has 2 N–H and O–H groups in total. The number of nitrogens with zero attached hydrogens (tertiary/aromatic N) is 4. The molecule has 2 aromatic heterocycles. The quantitative estimate of drug-likeness (QED) is 0.884. The van der Waals surface area contributed by atoms with E-state index in [0.29, 0.717) is 25.3 Å². The fourth-order valence-corrected chi connectivity index (χ4v) is 4.49. The Balaban J connectivity index is 0.00000192. The lowest BCUT2D eigenvalue weighted by atomic mass is 9.90. The van der Waals surface area contributed by atoms with Gasteiger partial charge in [-0.15, -0.1) is 12.4 Å². The van der Waals surface area contributed by atoms with Crippen molar-refractivity contribution in [3.63, 3.8) is 0 Å². The standard InChI is InChI=1S/C14H21N5O2S.ClH/c1-10-12-6-11(7-16-13(12)18(3)17-10)22(20,21)19-5-4-14(2,8-15)9-19;/h6-7H,4-5,8-9,15H2,1-3H3;1H. The molecular formula is C14H22ClN5O2S. The van der Waals surface area contributed by atoms with Crippen molar-refractivity contribution >= 4 is 33.5 Å². The summed E-state index contributed by atoms with van der Waals surface area (Å²) in [6.07, 6.45) is 2.20. The molecule has 1 atom stereocenters. The fraction of sp³-hybridized carbons (Fsp3) is 0.571. The zero-order chi connectivity index (χ0) is 16.1. The average molecular weight is 360 g/mol. The van der Waals surface area contributed by atoms with Crippen molar-refractivity contribution in [1.82, 2.24) is 19.1 Å². The number of rotatable bonds is 3. The predicted octanol–water partition coefficient (Wildman–Crippen LogP) is 1.06. The van der Waals surface area contributed by atoms with E-state index in [-0.39, 0.29) is 22.7 Å². The monoisotopic (exact) mass is 359 g/mol. The van der Waals surface area contributed by atoms with Crippen LogP contribution in [-0.4, -0.2) is 47.1 Å². The fourth-order valence-electron chi connectivity index (χ4n) is 2.93. The second-order valence-electron chi connectivity index (χ2n) is 6.35. The number of pyridine rings is 1. The minimum Gasteiger partial charge on any atom is -0.330 e. The Labute approximate surface area is 142 Å². The Morgan fingerprint density at radius 1 is 1.43 bits per heavy atom. The summed E-state index contributed by atoms with van der Waals surface area (Å²) in [4.78, 5) is 4.49. The van der Waals surface area contributed by atoms with Crippen LogP contribution in [0.1, 0.15) is 19.0 Å². The summed E-state index contributed by atoms with van der Waals surface area (Å²) < 4.78 is 28.8. The number of sulfonamides is 1. The molecule has 0 aliphatic carbocycles. The largest absolute Gasteiger partial charge is 0.330 e. The van der Waals surface area contributed by atoms with Gasteiger partial charge >= 0.3 is 0 Å². The Morgan fingerprint density at radius 2 is 2.13 bits per heavy atom. The van der Waals surface area contributed by atoms with Gasteiger partial charge in [0, 0.05) is 31.7 Å². The van der Waals surface area contributed by atoms with E-state index in [0.717, 1.165) is 17.5 Å². The first-order chi connectivity index (χ1) is 10.3. The second kappa shape index (κ2) is 6.01. The van der Waals surface area contributed by atoms with Gasteiger partial charge in [0.15, 0.2) is 5.65 Å². The van der Waals surface area contributed by atoms with E-state index in [1.54, 1.807) is 17.8 Å². The van der Waals surface area contributed by atoms with Crippen LogP contribution >= 0.6 is 12.4 Å². The van der Waals surface area contributed by atoms with Crippen LogP contribution in [0.3, 0.4) is 0 Å². The van der Waals surface area contributed by atoms with Gasteiger partial charge in [-0.2, -0.15) is 9.40 Å². The molecule has 1 unspecified atom stereocenters. The summed E-state index contributed by atoms with van der Waals surface area (Å²) in [6, 6.07) is 1.66. The van der Waals surface area contributed by atoms with Crippen molar-refractivity contribution in [2.75, 3.05) is 19.6 Å². The molecule has 1 aliphatic rings. The third-order valence-electron chi connectivity index (χ3n) is 4.49. The van der Waals surface area contributed by atoms with Crippen LogP contribution in [0.5, 0.6) is 0 Å². The third kappa shape index (κ3) is 2.96. The minimum atomic E-state index is -3.54. The SMILES string of the molecule is Cc1nn(C)c2ncc(S(=O)(=O)N3CCC(C)(CN)C3)cc12.Cl. The Morgan fingerprint density at radius 3 is 2.74 bits per heavy atom. The van der Waals surface area contributed by atoms with Gasteiger partial charge in [-0.05, 0) is 31.4 Å². The summed E-state index contributed by atoms with van der Waals surface area (Å²) in [5.41, 5.74) is 7.08. The van der Waals surface area contributed by atoms with Gasteiger partial charge in [-0.25, -0.2) is 13.4 Å². The zero-order valence-electron chi connectivity index (χ0n) is 13.5. The van der Waals surface area contributed by atoms with Crippen LogP contribution in [0.25, 0.3) is 11.0 Å². The van der Waals surface area contributed by atoms with Crippen LogP contribution in [0.2, 0.25) is 0 Å². The maximum atomic E-state index is 12.8. The molecule has 23 heavy (non-hydrogen) atoms. The molecule has 0 bridgehead atoms. The number of hydrogen-bond donors (Lipinski definition) is 1. The summed E-state index contributed by atoms with van der Waals surface area (Å²) in [5.74, 6) is 0. The molecule has 7 nitrogen and oxygen atoms in total. The van der Waals surface area contributed by atoms with Crippen molar-refractivity contribution in [2.24, 2.45) is 18.2 Å². The molecule has 0 amide bonds. The van der Waals surface area contributed by atoms with Gasteiger partial charge in [0.1, 0.15) is 4.90 Å². The smallest absolute Gasteiger partial charge is 0.244 e. The number of aryl methyl sites for hydroxylation is 2. The van der Waals surface area contributed by atoms with Crippen LogP contribution in [0.4, 0.5) is 0 Å². The molecule has 2 aromatic rings. The summed E-state index contributed by atoms with van der Waals surface area (Å²) in [5, 5.41) is 5.04. The van der Waals surface area contributed by atoms with Crippen LogP contribution in [-0.2, 0) is 17.1 Å². The number of aromatic nitrogens is 3. The van der Waals surface area contributed by atoms with Crippen molar-refractivity contribution in [3.8, 4) is 0 Å². The molecule has 128 valence electrons. The summed E-state index contributed by atoms with van der Waals surface area (Å²) in [7, 11) is -1.75. The highest BCUT2D eigenvalue weighted by Crippen LogP contribution is 2.33. The molecular weight excluding hydrogens is 338 g/mol. The third-order valence-corrected chi connectivity index (χ3v) is 6.30. The van der Waals surface area contributed by atoms with Gasteiger partial charge in [0.25, 0.3) is 0 Å². The predicted molar refractivity (Wildman–Crippen MR) is 91.0 cm³/mol. The van der Waals surface area contributed by atoms with E-state index < -0.39 is 10.0 Å². The molecule has 1 saturated heterocycles. The molecule has 3 rings (SSSR count). The van der Waals surface area contributed by atoms with E-state index in [2.05, 4.69) is 10.1 Å². The van der Waals surface area contributed by atoms with Gasteiger partial charge in [-0.3, -0.25) is 4.68 Å². The van der Waals surface area contributed by atoms with E-state index in [4.69, 9.17) is 5.73 Å². The first-order valence-electron chi connectivity index (χ1n) is 7.26. The van der Waals surface area contributed by atoms with E-state index >= 15 is 0 Å². The van der Waals surface area contributed by atoms with E-state index in [9.17, 15) is 8.42 Å². The molecule has 9 heteroatoms. The molecule has 0 aromatic carbocycles. The first-order valence-corrected chi connectivity index (χ1v) is 8.70. The van der Waals surface area contributed by atoms with Gasteiger partial charge in [-0.1, -0.05) is 6.92 Å². The first kappa shape index (κ1) is 18.1. The topological polar surface area (TPSA) is 94.1 Å². The van der Waals surface area contributed by atoms with E-state index in [1.165, 1.54) is 10.5 Å². The Hall–Kier alpha value is -1.22. The van der Waals surface area contributed by atoms with Crippen LogP contribution in [0.15, 0.2) is 17.2 Å². The Kier molecular flexibility index (Phi) is 4.74. The van der Waals surface area contributed by atoms with Gasteiger partial charge in [0.05, 0.1) is 5.69 Å². The molecule has 0 saturated carbocycles. The molecule has 0 spiro atoms. The van der Waals surface area contributed by atoms with Crippen LogP contribution < -0.4 is 5.73 Å². The average Bonchev–Trinajstić information content (AvgIpc) is 3.02. The lowest BCUT2D eigenvalue weighted by Crippen LogP contribution is -2.34. The van der Waals surface area contributed by atoms with Crippen molar-refractivity contribution in [1.29, 1.82) is 0 Å².